The standard InChI is InChI=1S/C28H34N2O3/c1-4-21(3)29-28(32)25(5-2)30(19-18-22-12-7-6-8-13-22)27(31)20-33-26-17-11-15-23-14-9-10-16-24(23)26/h6-17,21,25H,4-5,18-20H2,1-3H3,(H,29,32)/t21-,25+/m1/s1. The molecule has 0 aliphatic rings. The normalized spacial score (nSPS) is 12.7. The number of hydrogen-bond donors (Lipinski definition) is 1. The van der Waals surface area contributed by atoms with Gasteiger partial charge in [0.1, 0.15) is 11.8 Å². The highest BCUT2D eigenvalue weighted by Crippen LogP contribution is 2.25. The second kappa shape index (κ2) is 12.0. The minimum absolute atomic E-state index is 0.0598. The highest BCUT2D eigenvalue weighted by Gasteiger charge is 2.29. The molecule has 3 aromatic carbocycles. The zero-order valence-corrected chi connectivity index (χ0v) is 19.8. The third-order valence-corrected chi connectivity index (χ3v) is 5.97. The summed E-state index contributed by atoms with van der Waals surface area (Å²) in [5, 5.41) is 5.06. The molecule has 0 aromatic heterocycles. The summed E-state index contributed by atoms with van der Waals surface area (Å²) in [6.07, 6.45) is 2.05. The molecule has 0 unspecified atom stereocenters. The lowest BCUT2D eigenvalue weighted by atomic mass is 10.1. The number of rotatable bonds is 11. The molecule has 174 valence electrons. The lowest BCUT2D eigenvalue weighted by Crippen LogP contribution is -2.52. The number of carbonyl (C=O) groups is 2. The molecule has 3 rings (SSSR count). The van der Waals surface area contributed by atoms with Crippen LogP contribution < -0.4 is 10.1 Å². The van der Waals surface area contributed by atoms with Crippen molar-refractivity contribution in [1.82, 2.24) is 10.2 Å². The van der Waals surface area contributed by atoms with Crippen molar-refractivity contribution in [1.29, 1.82) is 0 Å². The molecule has 0 saturated heterocycles. The van der Waals surface area contributed by atoms with Gasteiger partial charge in [0, 0.05) is 18.0 Å². The number of nitrogens with zero attached hydrogens (tertiary/aromatic N) is 1. The molecule has 5 nitrogen and oxygen atoms in total. The molecule has 0 bridgehead atoms. The number of fused-ring (bicyclic) bond motifs is 1. The fraction of sp³-hybridized carbons (Fsp3) is 0.357. The van der Waals surface area contributed by atoms with Gasteiger partial charge < -0.3 is 15.0 Å². The first-order valence-corrected chi connectivity index (χ1v) is 11.8. The van der Waals surface area contributed by atoms with Crippen LogP contribution in [0.1, 0.15) is 39.2 Å². The van der Waals surface area contributed by atoms with Crippen molar-refractivity contribution < 1.29 is 14.3 Å². The maximum atomic E-state index is 13.4. The van der Waals surface area contributed by atoms with Crippen LogP contribution in [-0.2, 0) is 16.0 Å². The molecular weight excluding hydrogens is 412 g/mol. The van der Waals surface area contributed by atoms with Crippen LogP contribution in [0.15, 0.2) is 72.8 Å². The molecule has 0 heterocycles. The predicted molar refractivity (Wildman–Crippen MR) is 133 cm³/mol. The minimum Gasteiger partial charge on any atom is -0.483 e. The van der Waals surface area contributed by atoms with E-state index in [4.69, 9.17) is 4.74 Å². The number of ether oxygens (including phenoxy) is 1. The Labute approximate surface area is 196 Å². The van der Waals surface area contributed by atoms with Gasteiger partial charge in [-0.25, -0.2) is 0 Å². The van der Waals surface area contributed by atoms with Crippen molar-refractivity contribution in [3.63, 3.8) is 0 Å². The highest BCUT2D eigenvalue weighted by molar-refractivity contribution is 5.90. The molecule has 0 spiro atoms. The molecule has 2 amide bonds. The summed E-state index contributed by atoms with van der Waals surface area (Å²) in [5.74, 6) is 0.366. The van der Waals surface area contributed by atoms with Crippen molar-refractivity contribution in [3.05, 3.63) is 78.4 Å². The summed E-state index contributed by atoms with van der Waals surface area (Å²) in [5.41, 5.74) is 1.13. The lowest BCUT2D eigenvalue weighted by molar-refractivity contribution is -0.142. The van der Waals surface area contributed by atoms with Gasteiger partial charge in [-0.1, -0.05) is 80.6 Å². The average molecular weight is 447 g/mol. The third kappa shape index (κ3) is 6.58. The number of amides is 2. The summed E-state index contributed by atoms with van der Waals surface area (Å²) in [4.78, 5) is 28.0. The maximum absolute atomic E-state index is 13.4. The van der Waals surface area contributed by atoms with Gasteiger partial charge in [0.15, 0.2) is 6.61 Å². The van der Waals surface area contributed by atoms with E-state index >= 15 is 0 Å². The van der Waals surface area contributed by atoms with Crippen LogP contribution in [0.25, 0.3) is 10.8 Å². The molecule has 0 fully saturated rings. The maximum Gasteiger partial charge on any atom is 0.261 e. The molecule has 33 heavy (non-hydrogen) atoms. The minimum atomic E-state index is -0.536. The van der Waals surface area contributed by atoms with Crippen molar-refractivity contribution in [2.45, 2.75) is 52.1 Å². The zero-order valence-electron chi connectivity index (χ0n) is 19.8. The molecule has 2 atom stereocenters. The Kier molecular flexibility index (Phi) is 8.87. The van der Waals surface area contributed by atoms with Gasteiger partial charge in [-0.3, -0.25) is 9.59 Å². The fourth-order valence-corrected chi connectivity index (χ4v) is 3.88. The lowest BCUT2D eigenvalue weighted by Gasteiger charge is -2.31. The third-order valence-electron chi connectivity index (χ3n) is 5.97. The second-order valence-corrected chi connectivity index (χ2v) is 8.33. The van der Waals surface area contributed by atoms with Crippen LogP contribution in [0.4, 0.5) is 0 Å². The molecule has 3 aromatic rings. The predicted octanol–water partition coefficient (Wildman–Crippen LogP) is 4.98. The first kappa shape index (κ1) is 24.3. The average Bonchev–Trinajstić information content (AvgIpc) is 2.85. The van der Waals surface area contributed by atoms with Crippen molar-refractivity contribution in [3.8, 4) is 5.75 Å². The Hall–Kier alpha value is -3.34. The van der Waals surface area contributed by atoms with Crippen LogP contribution >= 0.6 is 0 Å². The van der Waals surface area contributed by atoms with Crippen molar-refractivity contribution in [2.75, 3.05) is 13.2 Å². The van der Waals surface area contributed by atoms with Crippen LogP contribution in [0.2, 0.25) is 0 Å². The topological polar surface area (TPSA) is 58.6 Å². The van der Waals surface area contributed by atoms with E-state index in [1.165, 1.54) is 0 Å². The number of carbonyl (C=O) groups excluding carboxylic acids is 2. The van der Waals surface area contributed by atoms with Gasteiger partial charge in [-0.15, -0.1) is 0 Å². The summed E-state index contributed by atoms with van der Waals surface area (Å²) in [6, 6.07) is 23.3. The monoisotopic (exact) mass is 446 g/mol. The Morgan fingerprint density at radius 3 is 2.33 bits per heavy atom. The van der Waals surface area contributed by atoms with E-state index in [0.29, 0.717) is 25.1 Å². The van der Waals surface area contributed by atoms with Crippen LogP contribution in [0.3, 0.4) is 0 Å². The van der Waals surface area contributed by atoms with Gasteiger partial charge >= 0.3 is 0 Å². The molecule has 0 saturated carbocycles. The fourth-order valence-electron chi connectivity index (χ4n) is 3.88. The Morgan fingerprint density at radius 1 is 0.909 bits per heavy atom. The van der Waals surface area contributed by atoms with E-state index in [9.17, 15) is 9.59 Å². The highest BCUT2D eigenvalue weighted by atomic mass is 16.5. The van der Waals surface area contributed by atoms with E-state index in [1.807, 2.05) is 93.6 Å². The molecular formula is C28H34N2O3. The summed E-state index contributed by atoms with van der Waals surface area (Å²) < 4.78 is 5.97. The SMILES string of the molecule is CC[C@@H](C)NC(=O)[C@H](CC)N(CCc1ccccc1)C(=O)COc1cccc2ccccc12. The molecule has 0 aliphatic heterocycles. The molecule has 1 N–H and O–H groups in total. The van der Waals surface area contributed by atoms with Gasteiger partial charge in [0.2, 0.25) is 5.91 Å². The first-order chi connectivity index (χ1) is 16.0. The van der Waals surface area contributed by atoms with Crippen LogP contribution in [-0.4, -0.2) is 41.9 Å². The number of hydrogen-bond acceptors (Lipinski definition) is 3. The van der Waals surface area contributed by atoms with Crippen LogP contribution in [0.5, 0.6) is 5.75 Å². The van der Waals surface area contributed by atoms with E-state index in [-0.39, 0.29) is 24.5 Å². The van der Waals surface area contributed by atoms with Crippen molar-refractivity contribution >= 4 is 22.6 Å². The van der Waals surface area contributed by atoms with E-state index in [0.717, 1.165) is 22.8 Å². The number of benzene rings is 3. The van der Waals surface area contributed by atoms with Gasteiger partial charge in [0.25, 0.3) is 5.91 Å². The van der Waals surface area contributed by atoms with Gasteiger partial charge in [0.05, 0.1) is 0 Å². The molecule has 0 radical (unpaired) electrons. The van der Waals surface area contributed by atoms with E-state index in [2.05, 4.69) is 5.32 Å². The summed E-state index contributed by atoms with van der Waals surface area (Å²) >= 11 is 0. The Balaban J connectivity index is 1.77. The molecule has 5 heteroatoms. The Morgan fingerprint density at radius 2 is 1.61 bits per heavy atom. The van der Waals surface area contributed by atoms with E-state index in [1.54, 1.807) is 4.90 Å². The van der Waals surface area contributed by atoms with E-state index < -0.39 is 6.04 Å². The summed E-state index contributed by atoms with van der Waals surface area (Å²) in [6.45, 7) is 6.28. The number of nitrogens with one attached hydrogen (secondary N) is 1. The van der Waals surface area contributed by atoms with Gasteiger partial charge in [-0.2, -0.15) is 0 Å². The van der Waals surface area contributed by atoms with Crippen LogP contribution in [0, 0.1) is 0 Å². The van der Waals surface area contributed by atoms with Crippen molar-refractivity contribution in [2.24, 2.45) is 0 Å². The first-order valence-electron chi connectivity index (χ1n) is 11.8. The molecule has 0 aliphatic carbocycles. The zero-order chi connectivity index (χ0) is 23.6. The Bertz CT molecular complexity index is 1050. The second-order valence-electron chi connectivity index (χ2n) is 8.33. The quantitative estimate of drug-likeness (QED) is 0.452. The summed E-state index contributed by atoms with van der Waals surface area (Å²) in [7, 11) is 0. The van der Waals surface area contributed by atoms with Gasteiger partial charge in [-0.05, 0) is 43.2 Å². The largest absolute Gasteiger partial charge is 0.483 e. The smallest absolute Gasteiger partial charge is 0.261 e.